The SMILES string of the molecule is Cc1ccc2[nH]c(=O)cc(C(=O)N/N=C/c3cc([N+](=O)[O-])ccc3O)c2c1. The minimum Gasteiger partial charge on any atom is -0.507 e. The summed E-state index contributed by atoms with van der Waals surface area (Å²) in [5.74, 6) is -0.853. The first kappa shape index (κ1) is 17.8. The van der Waals surface area contributed by atoms with E-state index in [1.165, 1.54) is 0 Å². The maximum Gasteiger partial charge on any atom is 0.272 e. The molecule has 1 aromatic heterocycles. The van der Waals surface area contributed by atoms with Crippen LogP contribution in [-0.4, -0.2) is 27.1 Å². The molecule has 0 unspecified atom stereocenters. The number of aryl methyl sites for hydroxylation is 1. The van der Waals surface area contributed by atoms with Crippen molar-refractivity contribution in [1.29, 1.82) is 0 Å². The van der Waals surface area contributed by atoms with Crippen LogP contribution in [0.3, 0.4) is 0 Å². The van der Waals surface area contributed by atoms with Crippen molar-refractivity contribution in [3.8, 4) is 5.75 Å². The fourth-order valence-electron chi connectivity index (χ4n) is 2.54. The van der Waals surface area contributed by atoms with Crippen LogP contribution in [0.25, 0.3) is 10.9 Å². The zero-order valence-corrected chi connectivity index (χ0v) is 14.1. The number of hydrazone groups is 1. The van der Waals surface area contributed by atoms with Crippen molar-refractivity contribution in [2.24, 2.45) is 5.10 Å². The molecule has 0 radical (unpaired) electrons. The van der Waals surface area contributed by atoms with Crippen LogP contribution in [0.5, 0.6) is 5.75 Å². The first-order valence-corrected chi connectivity index (χ1v) is 7.79. The van der Waals surface area contributed by atoms with Crippen LogP contribution < -0.4 is 11.0 Å². The van der Waals surface area contributed by atoms with Crippen molar-refractivity contribution in [3.05, 3.63) is 79.6 Å². The highest BCUT2D eigenvalue weighted by Gasteiger charge is 2.12. The molecule has 1 amide bonds. The van der Waals surface area contributed by atoms with Crippen LogP contribution in [0.15, 0.2) is 52.4 Å². The minimum atomic E-state index is -0.627. The summed E-state index contributed by atoms with van der Waals surface area (Å²) in [5, 5.41) is 24.8. The third-order valence-corrected chi connectivity index (χ3v) is 3.83. The van der Waals surface area contributed by atoms with Gasteiger partial charge in [-0.25, -0.2) is 5.43 Å². The van der Waals surface area contributed by atoms with Crippen molar-refractivity contribution in [2.75, 3.05) is 0 Å². The smallest absolute Gasteiger partial charge is 0.272 e. The fourth-order valence-corrected chi connectivity index (χ4v) is 2.54. The number of benzene rings is 2. The quantitative estimate of drug-likeness (QED) is 0.369. The van der Waals surface area contributed by atoms with Crippen molar-refractivity contribution in [1.82, 2.24) is 10.4 Å². The van der Waals surface area contributed by atoms with Gasteiger partial charge in [-0.1, -0.05) is 11.6 Å². The van der Waals surface area contributed by atoms with E-state index in [9.17, 15) is 24.8 Å². The largest absolute Gasteiger partial charge is 0.507 e. The fraction of sp³-hybridized carbons (Fsp3) is 0.0556. The summed E-state index contributed by atoms with van der Waals surface area (Å²) in [6, 6.07) is 9.87. The van der Waals surface area contributed by atoms with E-state index < -0.39 is 16.4 Å². The Morgan fingerprint density at radius 2 is 2.04 bits per heavy atom. The number of amides is 1. The number of fused-ring (bicyclic) bond motifs is 1. The number of H-pyrrole nitrogens is 1. The number of aromatic amines is 1. The second-order valence-corrected chi connectivity index (χ2v) is 5.80. The number of carbonyl (C=O) groups is 1. The maximum atomic E-state index is 12.4. The average Bonchev–Trinajstić information content (AvgIpc) is 2.62. The standard InChI is InChI=1S/C18H14N4O5/c1-10-2-4-15-13(6-10)14(8-17(24)20-15)18(25)21-19-9-11-7-12(22(26)27)3-5-16(11)23/h2-9,23H,1H3,(H,20,24)(H,21,25)/b19-9+. The number of nitro groups is 1. The van der Waals surface area contributed by atoms with Gasteiger partial charge in [-0.05, 0) is 25.1 Å². The van der Waals surface area contributed by atoms with Gasteiger partial charge < -0.3 is 10.1 Å². The monoisotopic (exact) mass is 366 g/mol. The molecule has 0 bridgehead atoms. The lowest BCUT2D eigenvalue weighted by Crippen LogP contribution is -2.21. The summed E-state index contributed by atoms with van der Waals surface area (Å²) < 4.78 is 0. The van der Waals surface area contributed by atoms with Gasteiger partial charge in [0, 0.05) is 34.7 Å². The number of hydrogen-bond donors (Lipinski definition) is 3. The van der Waals surface area contributed by atoms with Gasteiger partial charge in [0.05, 0.1) is 16.7 Å². The summed E-state index contributed by atoms with van der Waals surface area (Å²) in [5.41, 5.74) is 3.23. The van der Waals surface area contributed by atoms with Crippen molar-refractivity contribution < 1.29 is 14.8 Å². The number of rotatable bonds is 4. The Morgan fingerprint density at radius 3 is 2.78 bits per heavy atom. The molecule has 136 valence electrons. The molecule has 9 heteroatoms. The first-order chi connectivity index (χ1) is 12.8. The lowest BCUT2D eigenvalue weighted by molar-refractivity contribution is -0.384. The van der Waals surface area contributed by atoms with Crippen molar-refractivity contribution in [3.63, 3.8) is 0 Å². The third-order valence-electron chi connectivity index (χ3n) is 3.83. The number of hydrogen-bond acceptors (Lipinski definition) is 6. The maximum absolute atomic E-state index is 12.4. The normalized spacial score (nSPS) is 11.0. The molecule has 0 fully saturated rings. The van der Waals surface area contributed by atoms with E-state index in [-0.39, 0.29) is 22.6 Å². The van der Waals surface area contributed by atoms with Gasteiger partial charge in [0.15, 0.2) is 0 Å². The third kappa shape index (κ3) is 3.82. The van der Waals surface area contributed by atoms with E-state index in [0.29, 0.717) is 10.9 Å². The molecule has 0 spiro atoms. The summed E-state index contributed by atoms with van der Waals surface area (Å²) >= 11 is 0. The molecule has 27 heavy (non-hydrogen) atoms. The number of phenols is 1. The minimum absolute atomic E-state index is 0.0658. The highest BCUT2D eigenvalue weighted by atomic mass is 16.6. The van der Waals surface area contributed by atoms with E-state index in [0.717, 1.165) is 36.0 Å². The molecule has 0 atom stereocenters. The van der Waals surface area contributed by atoms with Crippen molar-refractivity contribution in [2.45, 2.75) is 6.92 Å². The van der Waals surface area contributed by atoms with Gasteiger partial charge in [-0.15, -0.1) is 0 Å². The molecule has 0 aliphatic heterocycles. The molecular formula is C18H14N4O5. The van der Waals surface area contributed by atoms with E-state index in [1.54, 1.807) is 12.1 Å². The highest BCUT2D eigenvalue weighted by Crippen LogP contribution is 2.21. The number of phenolic OH excluding ortho intramolecular Hbond substituents is 1. The Labute approximate surface area is 152 Å². The van der Waals surface area contributed by atoms with Crippen LogP contribution in [-0.2, 0) is 0 Å². The molecule has 0 aliphatic carbocycles. The molecule has 3 aromatic rings. The lowest BCUT2D eigenvalue weighted by Gasteiger charge is -2.06. The number of nitrogens with one attached hydrogen (secondary N) is 2. The Hall–Kier alpha value is -4.01. The van der Waals surface area contributed by atoms with E-state index >= 15 is 0 Å². The molecule has 3 N–H and O–H groups in total. The molecule has 0 aliphatic rings. The highest BCUT2D eigenvalue weighted by molar-refractivity contribution is 6.06. The predicted molar refractivity (Wildman–Crippen MR) is 99.1 cm³/mol. The predicted octanol–water partition coefficient (Wildman–Crippen LogP) is 2.21. The van der Waals surface area contributed by atoms with Gasteiger partial charge in [-0.3, -0.25) is 19.7 Å². The van der Waals surface area contributed by atoms with E-state index in [4.69, 9.17) is 0 Å². The number of nitrogens with zero attached hydrogens (tertiary/aromatic N) is 2. The van der Waals surface area contributed by atoms with Crippen molar-refractivity contribution >= 4 is 28.7 Å². The molecule has 0 saturated carbocycles. The average molecular weight is 366 g/mol. The zero-order chi connectivity index (χ0) is 19.6. The number of non-ortho nitro benzene ring substituents is 1. The number of aromatic hydroxyl groups is 1. The molecular weight excluding hydrogens is 352 g/mol. The van der Waals surface area contributed by atoms with Crippen LogP contribution in [0.4, 0.5) is 5.69 Å². The number of aromatic nitrogens is 1. The topological polar surface area (TPSA) is 138 Å². The van der Waals surface area contributed by atoms with E-state index in [2.05, 4.69) is 15.5 Å². The van der Waals surface area contributed by atoms with Crippen LogP contribution in [0, 0.1) is 17.0 Å². The number of carbonyl (C=O) groups excluding carboxylic acids is 1. The summed E-state index contributed by atoms with van der Waals surface area (Å²) in [6.45, 7) is 1.86. The van der Waals surface area contributed by atoms with Crippen LogP contribution >= 0.6 is 0 Å². The van der Waals surface area contributed by atoms with Crippen LogP contribution in [0.2, 0.25) is 0 Å². The number of pyridine rings is 1. The summed E-state index contributed by atoms with van der Waals surface area (Å²) in [4.78, 5) is 37.0. The van der Waals surface area contributed by atoms with E-state index in [1.807, 2.05) is 13.0 Å². The summed E-state index contributed by atoms with van der Waals surface area (Å²) in [7, 11) is 0. The van der Waals surface area contributed by atoms with Gasteiger partial charge in [0.2, 0.25) is 5.56 Å². The Morgan fingerprint density at radius 1 is 1.26 bits per heavy atom. The van der Waals surface area contributed by atoms with Gasteiger partial charge in [0.25, 0.3) is 11.6 Å². The Balaban J connectivity index is 1.89. The zero-order valence-electron chi connectivity index (χ0n) is 14.1. The Kier molecular flexibility index (Phi) is 4.67. The first-order valence-electron chi connectivity index (χ1n) is 7.79. The molecule has 3 rings (SSSR count). The number of nitro benzene ring substituents is 1. The molecule has 9 nitrogen and oxygen atoms in total. The van der Waals surface area contributed by atoms with Crippen LogP contribution in [0.1, 0.15) is 21.5 Å². The second kappa shape index (κ2) is 7.08. The second-order valence-electron chi connectivity index (χ2n) is 5.80. The lowest BCUT2D eigenvalue weighted by atomic mass is 10.1. The van der Waals surface area contributed by atoms with Gasteiger partial charge >= 0.3 is 0 Å². The van der Waals surface area contributed by atoms with Gasteiger partial charge in [-0.2, -0.15) is 5.10 Å². The molecule has 1 heterocycles. The molecule has 2 aromatic carbocycles. The van der Waals surface area contributed by atoms with Gasteiger partial charge in [0.1, 0.15) is 5.75 Å². The summed E-state index contributed by atoms with van der Waals surface area (Å²) in [6.07, 6.45) is 1.08. The molecule has 0 saturated heterocycles. The Bertz CT molecular complexity index is 1150.